The molecule has 2 aromatic rings. The van der Waals surface area contributed by atoms with Gasteiger partial charge >= 0.3 is 8.56 Å². The van der Waals surface area contributed by atoms with Crippen molar-refractivity contribution in [2.24, 2.45) is 5.92 Å². The van der Waals surface area contributed by atoms with E-state index >= 15 is 0 Å². The molecule has 3 rings (SSSR count). The summed E-state index contributed by atoms with van der Waals surface area (Å²) in [5.74, 6) is -3.01. The summed E-state index contributed by atoms with van der Waals surface area (Å²) in [6.07, 6.45) is 1.07. The zero-order valence-electron chi connectivity index (χ0n) is 18.5. The molecule has 0 spiro atoms. The highest BCUT2D eigenvalue weighted by molar-refractivity contribution is 6.67. The van der Waals surface area contributed by atoms with Crippen LogP contribution in [0.15, 0.2) is 60.7 Å². The second-order valence-corrected chi connectivity index (χ2v) is 11.4. The van der Waals surface area contributed by atoms with Crippen molar-refractivity contribution in [3.63, 3.8) is 0 Å². The van der Waals surface area contributed by atoms with Gasteiger partial charge in [-0.2, -0.15) is 0 Å². The molecule has 0 aliphatic carbocycles. The predicted molar refractivity (Wildman–Crippen MR) is 122 cm³/mol. The maximum atomic E-state index is 12.9. The van der Waals surface area contributed by atoms with Crippen LogP contribution in [0.2, 0.25) is 6.04 Å². The number of hydrogen-bond donors (Lipinski definition) is 3. The molecule has 176 valence electrons. The Morgan fingerprint density at radius 1 is 1.09 bits per heavy atom. The third-order valence-electron chi connectivity index (χ3n) is 6.02. The van der Waals surface area contributed by atoms with Crippen LogP contribution in [-0.2, 0) is 16.0 Å². The van der Waals surface area contributed by atoms with Crippen LogP contribution in [0.25, 0.3) is 0 Å². The minimum Gasteiger partial charge on any atom is -0.548 e. The van der Waals surface area contributed by atoms with Crippen LogP contribution < -0.4 is 10.4 Å². The summed E-state index contributed by atoms with van der Waals surface area (Å²) in [6, 6.07) is 16.4. The monoisotopic (exact) mass is 469 g/mol. The van der Waals surface area contributed by atoms with E-state index in [1.165, 1.54) is 4.90 Å². The highest BCUT2D eigenvalue weighted by Crippen LogP contribution is 2.25. The van der Waals surface area contributed by atoms with Crippen molar-refractivity contribution in [1.82, 2.24) is 10.2 Å². The molecule has 33 heavy (non-hydrogen) atoms. The lowest BCUT2D eigenvalue weighted by molar-refractivity contribution is -0.310. The number of nitrogens with zero attached hydrogens (tertiary/aromatic N) is 1. The fourth-order valence-electron chi connectivity index (χ4n) is 4.25. The lowest BCUT2D eigenvalue weighted by atomic mass is 10.1. The first-order valence-corrected chi connectivity index (χ1v) is 13.2. The standard InChI is InChI=1S/C24H30N2O6Si/c1-17(23(28)26-14-8-13-20(26)24(29)30)16-33(31,32)21(15-18-9-4-2-5-10-18)25-22(27)19-11-6-3-7-12-19/h2-7,9-12,17,20-21,31-32H,8,13-16H2,1H3,(H,25,27)(H,29,30)/p-1/t17-,20+,21-/m1/s1. The molecule has 8 nitrogen and oxygen atoms in total. The average Bonchev–Trinajstić information content (AvgIpc) is 3.29. The molecule has 9 heteroatoms. The Balaban J connectivity index is 1.77. The predicted octanol–water partition coefficient (Wildman–Crippen LogP) is 0.371. The number of rotatable bonds is 9. The van der Waals surface area contributed by atoms with Crippen LogP contribution >= 0.6 is 0 Å². The molecule has 0 radical (unpaired) electrons. The summed E-state index contributed by atoms with van der Waals surface area (Å²) in [5, 5.41) is 14.1. The van der Waals surface area contributed by atoms with Gasteiger partial charge in [0.05, 0.1) is 17.7 Å². The number of amides is 2. The minimum atomic E-state index is -4.18. The van der Waals surface area contributed by atoms with Gasteiger partial charge in [-0.05, 0) is 37.0 Å². The summed E-state index contributed by atoms with van der Waals surface area (Å²) in [6.45, 7) is 1.85. The van der Waals surface area contributed by atoms with Gasteiger partial charge in [0.25, 0.3) is 5.91 Å². The van der Waals surface area contributed by atoms with E-state index in [0.717, 1.165) is 5.56 Å². The SMILES string of the molecule is C[C@H](C[Si](O)(O)[C@H](Cc1ccccc1)NC(=O)c1ccccc1)C(=O)N1CCC[C@H]1C(=O)[O-]. The molecule has 1 aliphatic rings. The van der Waals surface area contributed by atoms with E-state index < -0.39 is 44.0 Å². The molecule has 0 unspecified atom stereocenters. The average molecular weight is 470 g/mol. The minimum absolute atomic E-state index is 0.185. The molecule has 1 heterocycles. The largest absolute Gasteiger partial charge is 0.548 e. The molecular formula is C24H29N2O6Si-. The smallest absolute Gasteiger partial charge is 0.356 e. The van der Waals surface area contributed by atoms with E-state index in [2.05, 4.69) is 5.32 Å². The Morgan fingerprint density at radius 2 is 1.70 bits per heavy atom. The summed E-state index contributed by atoms with van der Waals surface area (Å²) >= 11 is 0. The van der Waals surface area contributed by atoms with Crippen molar-refractivity contribution < 1.29 is 29.1 Å². The Bertz CT molecular complexity index is 969. The first kappa shape index (κ1) is 24.6. The lowest BCUT2D eigenvalue weighted by Crippen LogP contribution is -2.60. The van der Waals surface area contributed by atoms with Crippen LogP contribution in [0.5, 0.6) is 0 Å². The normalized spacial score (nSPS) is 17.9. The number of hydrogen-bond acceptors (Lipinski definition) is 6. The van der Waals surface area contributed by atoms with Gasteiger partial charge in [-0.1, -0.05) is 55.5 Å². The number of carbonyl (C=O) groups is 3. The molecule has 3 N–H and O–H groups in total. The molecule has 0 aromatic heterocycles. The van der Waals surface area contributed by atoms with Crippen LogP contribution in [0.3, 0.4) is 0 Å². The van der Waals surface area contributed by atoms with E-state index in [1.54, 1.807) is 37.3 Å². The van der Waals surface area contributed by atoms with Gasteiger partial charge in [0.2, 0.25) is 5.91 Å². The molecule has 1 fully saturated rings. The van der Waals surface area contributed by atoms with Crippen molar-refractivity contribution >= 4 is 26.3 Å². The maximum Gasteiger partial charge on any atom is 0.356 e. The zero-order chi connectivity index (χ0) is 24.0. The highest BCUT2D eigenvalue weighted by atomic mass is 28.4. The topological polar surface area (TPSA) is 130 Å². The van der Waals surface area contributed by atoms with Crippen LogP contribution in [0.1, 0.15) is 35.7 Å². The fraction of sp³-hybridized carbons (Fsp3) is 0.375. The third-order valence-corrected chi connectivity index (χ3v) is 8.70. The van der Waals surface area contributed by atoms with Crippen molar-refractivity contribution in [1.29, 1.82) is 0 Å². The Morgan fingerprint density at radius 3 is 2.30 bits per heavy atom. The number of carboxylic acid groups (broad SMARTS) is 1. The van der Waals surface area contributed by atoms with Crippen LogP contribution in [-0.4, -0.2) is 59.1 Å². The van der Waals surface area contributed by atoms with Gasteiger partial charge < -0.3 is 29.7 Å². The Labute approximate surface area is 194 Å². The van der Waals surface area contributed by atoms with Crippen molar-refractivity contribution in [2.45, 2.75) is 43.9 Å². The van der Waals surface area contributed by atoms with Gasteiger partial charge in [-0.25, -0.2) is 0 Å². The molecule has 0 saturated carbocycles. The number of carboxylic acids is 1. The Hall–Kier alpha value is -3.01. The summed E-state index contributed by atoms with van der Waals surface area (Å²) < 4.78 is 0. The van der Waals surface area contributed by atoms with Gasteiger partial charge in [-0.3, -0.25) is 9.59 Å². The van der Waals surface area contributed by atoms with Crippen LogP contribution in [0.4, 0.5) is 0 Å². The first-order valence-electron chi connectivity index (χ1n) is 11.0. The molecule has 3 atom stereocenters. The molecule has 1 saturated heterocycles. The molecule has 0 bridgehead atoms. The second kappa shape index (κ2) is 10.7. The zero-order valence-corrected chi connectivity index (χ0v) is 19.5. The van der Waals surface area contributed by atoms with Crippen molar-refractivity contribution in [3.05, 3.63) is 71.8 Å². The first-order chi connectivity index (χ1) is 15.7. The second-order valence-electron chi connectivity index (χ2n) is 8.57. The molecule has 1 aliphatic heterocycles. The van der Waals surface area contributed by atoms with E-state index in [-0.39, 0.29) is 12.5 Å². The number of carbonyl (C=O) groups excluding carboxylic acids is 3. The van der Waals surface area contributed by atoms with Crippen LogP contribution in [0, 0.1) is 5.92 Å². The summed E-state index contributed by atoms with van der Waals surface area (Å²) in [5.41, 5.74) is 0.225. The number of benzene rings is 2. The maximum absolute atomic E-state index is 12.9. The fourth-order valence-corrected chi connectivity index (χ4v) is 6.54. The molecule has 2 aromatic carbocycles. The van der Waals surface area contributed by atoms with E-state index in [4.69, 9.17) is 0 Å². The van der Waals surface area contributed by atoms with Crippen molar-refractivity contribution in [2.75, 3.05) is 6.54 Å². The number of nitrogens with one attached hydrogen (secondary N) is 1. The van der Waals surface area contributed by atoms with Crippen molar-refractivity contribution in [3.8, 4) is 0 Å². The quantitative estimate of drug-likeness (QED) is 0.455. The van der Waals surface area contributed by atoms with E-state index in [1.807, 2.05) is 30.3 Å². The summed E-state index contributed by atoms with van der Waals surface area (Å²) in [7, 11) is -4.18. The van der Waals surface area contributed by atoms with Gasteiger partial charge in [-0.15, -0.1) is 0 Å². The molecule has 2 amide bonds. The number of likely N-dealkylation sites (tertiary alicyclic amines) is 1. The lowest BCUT2D eigenvalue weighted by Gasteiger charge is -2.33. The summed E-state index contributed by atoms with van der Waals surface area (Å²) in [4.78, 5) is 60.6. The van der Waals surface area contributed by atoms with E-state index in [0.29, 0.717) is 24.9 Å². The Kier molecular flexibility index (Phi) is 8.01. The van der Waals surface area contributed by atoms with Gasteiger partial charge in [0.15, 0.2) is 0 Å². The van der Waals surface area contributed by atoms with E-state index in [9.17, 15) is 29.1 Å². The molecular weight excluding hydrogens is 440 g/mol. The highest BCUT2D eigenvalue weighted by Gasteiger charge is 2.44. The third kappa shape index (κ3) is 6.28. The van der Waals surface area contributed by atoms with Gasteiger partial charge in [0.1, 0.15) is 0 Å². The number of aliphatic carboxylic acids is 1. The van der Waals surface area contributed by atoms with Gasteiger partial charge in [0, 0.05) is 24.1 Å².